The molecule has 1 heterocycles. The lowest BCUT2D eigenvalue weighted by atomic mass is 9.83. The third-order valence-corrected chi connectivity index (χ3v) is 5.02. The summed E-state index contributed by atoms with van der Waals surface area (Å²) in [5, 5.41) is 2.92. The molecule has 0 aromatic carbocycles. The van der Waals surface area contributed by atoms with E-state index in [-0.39, 0.29) is 17.9 Å². The molecule has 1 saturated heterocycles. The van der Waals surface area contributed by atoms with Gasteiger partial charge in [0.25, 0.3) is 0 Å². The van der Waals surface area contributed by atoms with E-state index in [1.165, 1.54) is 0 Å². The van der Waals surface area contributed by atoms with E-state index in [0.717, 1.165) is 0 Å². The van der Waals surface area contributed by atoms with Crippen molar-refractivity contribution in [2.45, 2.75) is 72.9 Å². The summed E-state index contributed by atoms with van der Waals surface area (Å²) < 4.78 is 0. The summed E-state index contributed by atoms with van der Waals surface area (Å²) in [6.07, 6.45) is 1.29. The van der Waals surface area contributed by atoms with Gasteiger partial charge in [0.05, 0.1) is 0 Å². The summed E-state index contributed by atoms with van der Waals surface area (Å²) in [6.45, 7) is 15.2. The average Bonchev–Trinajstić information content (AvgIpc) is 2.40. The van der Waals surface area contributed by atoms with Crippen LogP contribution in [0, 0.1) is 17.8 Å². The lowest BCUT2D eigenvalue weighted by Gasteiger charge is -2.46. The largest absolute Gasteiger partial charge is 0.340 e. The molecule has 4 heteroatoms. The summed E-state index contributed by atoms with van der Waals surface area (Å²) in [7, 11) is 0. The minimum absolute atomic E-state index is 0.00675. The summed E-state index contributed by atoms with van der Waals surface area (Å²) in [4.78, 5) is 27.1. The molecule has 0 saturated carbocycles. The SMILES string of the molecule is CCC1C(=O)NC(C)(CC)C(=O)N1CC(C(C)C)C(C)C. The Morgan fingerprint density at radius 3 is 2.05 bits per heavy atom. The Labute approximate surface area is 129 Å². The number of carbonyl (C=O) groups is 2. The van der Waals surface area contributed by atoms with Gasteiger partial charge in [-0.1, -0.05) is 41.5 Å². The van der Waals surface area contributed by atoms with Crippen molar-refractivity contribution in [1.29, 1.82) is 0 Å². The van der Waals surface area contributed by atoms with Gasteiger partial charge in [-0.3, -0.25) is 9.59 Å². The maximum absolute atomic E-state index is 12.9. The summed E-state index contributed by atoms with van der Waals surface area (Å²) >= 11 is 0. The Morgan fingerprint density at radius 2 is 1.67 bits per heavy atom. The first-order chi connectivity index (χ1) is 9.67. The molecule has 0 bridgehead atoms. The van der Waals surface area contributed by atoms with E-state index < -0.39 is 5.54 Å². The minimum atomic E-state index is -0.749. The van der Waals surface area contributed by atoms with E-state index in [9.17, 15) is 9.59 Å². The number of rotatable bonds is 6. The van der Waals surface area contributed by atoms with Gasteiger partial charge in [-0.2, -0.15) is 0 Å². The molecule has 1 rings (SSSR count). The van der Waals surface area contributed by atoms with E-state index in [1.807, 2.05) is 25.7 Å². The van der Waals surface area contributed by atoms with Crippen LogP contribution in [-0.4, -0.2) is 34.8 Å². The molecule has 0 spiro atoms. The zero-order valence-corrected chi connectivity index (χ0v) is 14.7. The number of amides is 2. The van der Waals surface area contributed by atoms with Crippen LogP contribution in [0.1, 0.15) is 61.3 Å². The van der Waals surface area contributed by atoms with Gasteiger partial charge in [-0.15, -0.1) is 0 Å². The molecular weight excluding hydrogens is 264 g/mol. The number of hydrogen-bond acceptors (Lipinski definition) is 2. The Bertz CT molecular complexity index is 384. The minimum Gasteiger partial charge on any atom is -0.340 e. The van der Waals surface area contributed by atoms with Crippen molar-refractivity contribution in [1.82, 2.24) is 10.2 Å². The van der Waals surface area contributed by atoms with Gasteiger partial charge in [0.2, 0.25) is 11.8 Å². The van der Waals surface area contributed by atoms with Crippen LogP contribution in [0.3, 0.4) is 0 Å². The maximum atomic E-state index is 12.9. The molecule has 122 valence electrons. The van der Waals surface area contributed by atoms with Crippen LogP contribution in [0.5, 0.6) is 0 Å². The molecule has 1 fully saturated rings. The van der Waals surface area contributed by atoms with E-state index in [1.54, 1.807) is 0 Å². The second-order valence-electron chi connectivity index (χ2n) is 7.21. The first kappa shape index (κ1) is 18.0. The first-order valence-electron chi connectivity index (χ1n) is 8.31. The van der Waals surface area contributed by atoms with Crippen LogP contribution in [0.2, 0.25) is 0 Å². The highest BCUT2D eigenvalue weighted by Crippen LogP contribution is 2.28. The highest BCUT2D eigenvalue weighted by molar-refractivity contribution is 5.99. The molecule has 2 atom stereocenters. The molecular formula is C17H32N2O2. The van der Waals surface area contributed by atoms with Crippen molar-refractivity contribution >= 4 is 11.8 Å². The Balaban J connectivity index is 3.08. The summed E-state index contributed by atoms with van der Waals surface area (Å²) in [5.74, 6) is 1.46. The normalized spacial score (nSPS) is 27.0. The van der Waals surface area contributed by atoms with Crippen molar-refractivity contribution < 1.29 is 9.59 Å². The van der Waals surface area contributed by atoms with Gasteiger partial charge >= 0.3 is 0 Å². The molecule has 0 aromatic heterocycles. The Hall–Kier alpha value is -1.06. The van der Waals surface area contributed by atoms with Crippen LogP contribution >= 0.6 is 0 Å². The second kappa shape index (κ2) is 6.80. The average molecular weight is 296 g/mol. The van der Waals surface area contributed by atoms with Gasteiger partial charge < -0.3 is 10.2 Å². The van der Waals surface area contributed by atoms with Gasteiger partial charge in [-0.25, -0.2) is 0 Å². The highest BCUT2D eigenvalue weighted by atomic mass is 16.2. The van der Waals surface area contributed by atoms with E-state index >= 15 is 0 Å². The van der Waals surface area contributed by atoms with Crippen LogP contribution in [0.4, 0.5) is 0 Å². The molecule has 0 aliphatic carbocycles. The summed E-state index contributed by atoms with van der Waals surface area (Å²) in [6, 6.07) is -0.322. The molecule has 1 aliphatic rings. The molecule has 0 aromatic rings. The van der Waals surface area contributed by atoms with Crippen LogP contribution < -0.4 is 5.32 Å². The fourth-order valence-corrected chi connectivity index (χ4v) is 3.28. The van der Waals surface area contributed by atoms with Crippen molar-refractivity contribution in [2.75, 3.05) is 6.54 Å². The van der Waals surface area contributed by atoms with Gasteiger partial charge in [0.1, 0.15) is 11.6 Å². The number of nitrogens with one attached hydrogen (secondary N) is 1. The molecule has 1 N–H and O–H groups in total. The van der Waals surface area contributed by atoms with Gasteiger partial charge in [0, 0.05) is 6.54 Å². The number of piperazine rings is 1. The van der Waals surface area contributed by atoms with Crippen molar-refractivity contribution in [3.8, 4) is 0 Å². The molecule has 0 radical (unpaired) electrons. The number of nitrogens with zero attached hydrogens (tertiary/aromatic N) is 1. The van der Waals surface area contributed by atoms with Crippen LogP contribution in [0.15, 0.2) is 0 Å². The number of hydrogen-bond donors (Lipinski definition) is 1. The van der Waals surface area contributed by atoms with Crippen molar-refractivity contribution in [2.24, 2.45) is 17.8 Å². The van der Waals surface area contributed by atoms with Crippen LogP contribution in [-0.2, 0) is 9.59 Å². The lowest BCUT2D eigenvalue weighted by Crippen LogP contribution is -2.69. The predicted octanol–water partition coefficient (Wildman–Crippen LogP) is 2.82. The fourth-order valence-electron chi connectivity index (χ4n) is 3.28. The number of carbonyl (C=O) groups excluding carboxylic acids is 2. The van der Waals surface area contributed by atoms with Crippen molar-refractivity contribution in [3.05, 3.63) is 0 Å². The second-order valence-corrected chi connectivity index (χ2v) is 7.21. The highest BCUT2D eigenvalue weighted by Gasteiger charge is 2.47. The molecule has 1 aliphatic heterocycles. The molecule has 4 nitrogen and oxygen atoms in total. The van der Waals surface area contributed by atoms with Gasteiger partial charge in [0.15, 0.2) is 0 Å². The standard InChI is InChI=1S/C17H32N2O2/c1-8-14-15(20)18-17(7,9-2)16(21)19(14)10-13(11(3)4)12(5)6/h11-14H,8-10H2,1-7H3,(H,18,20). The lowest BCUT2D eigenvalue weighted by molar-refractivity contribution is -0.156. The molecule has 2 unspecified atom stereocenters. The van der Waals surface area contributed by atoms with Gasteiger partial charge in [-0.05, 0) is 37.5 Å². The smallest absolute Gasteiger partial charge is 0.248 e. The first-order valence-corrected chi connectivity index (χ1v) is 8.31. The third-order valence-electron chi connectivity index (χ3n) is 5.02. The fraction of sp³-hybridized carbons (Fsp3) is 0.882. The van der Waals surface area contributed by atoms with E-state index in [0.29, 0.717) is 37.1 Å². The quantitative estimate of drug-likeness (QED) is 0.819. The van der Waals surface area contributed by atoms with Crippen molar-refractivity contribution in [3.63, 3.8) is 0 Å². The summed E-state index contributed by atoms with van der Waals surface area (Å²) in [5.41, 5.74) is -0.749. The third kappa shape index (κ3) is 3.58. The Morgan fingerprint density at radius 1 is 1.14 bits per heavy atom. The monoisotopic (exact) mass is 296 g/mol. The maximum Gasteiger partial charge on any atom is 0.248 e. The molecule has 21 heavy (non-hydrogen) atoms. The van der Waals surface area contributed by atoms with E-state index in [2.05, 4.69) is 33.0 Å². The van der Waals surface area contributed by atoms with Crippen LogP contribution in [0.25, 0.3) is 0 Å². The Kier molecular flexibility index (Phi) is 5.83. The van der Waals surface area contributed by atoms with E-state index in [4.69, 9.17) is 0 Å². The zero-order valence-electron chi connectivity index (χ0n) is 14.7. The predicted molar refractivity (Wildman–Crippen MR) is 85.8 cm³/mol. The zero-order chi connectivity index (χ0) is 16.4. The molecule has 2 amide bonds. The topological polar surface area (TPSA) is 49.4 Å².